The first-order chi connectivity index (χ1) is 10.9. The van der Waals surface area contributed by atoms with E-state index in [4.69, 9.17) is 9.26 Å². The lowest BCUT2D eigenvalue weighted by atomic mass is 10.1. The fraction of sp³-hybridized carbons (Fsp3) is 0.444. The summed E-state index contributed by atoms with van der Waals surface area (Å²) in [5, 5.41) is 6.91. The lowest BCUT2D eigenvalue weighted by Crippen LogP contribution is -2.36. The zero-order valence-electron chi connectivity index (χ0n) is 14.3. The summed E-state index contributed by atoms with van der Waals surface area (Å²) >= 11 is 0. The molecule has 23 heavy (non-hydrogen) atoms. The minimum Gasteiger partial charge on any atom is -0.488 e. The van der Waals surface area contributed by atoms with Crippen LogP contribution in [-0.2, 0) is 6.61 Å². The van der Waals surface area contributed by atoms with Gasteiger partial charge in [-0.1, -0.05) is 31.1 Å². The number of benzene rings is 1. The van der Waals surface area contributed by atoms with E-state index in [9.17, 15) is 4.79 Å². The van der Waals surface area contributed by atoms with Gasteiger partial charge >= 0.3 is 0 Å². The molecule has 1 heterocycles. The summed E-state index contributed by atoms with van der Waals surface area (Å²) < 4.78 is 11.0. The number of nitrogens with one attached hydrogen (secondary N) is 1. The maximum absolute atomic E-state index is 12.5. The molecule has 0 bridgehead atoms. The summed E-state index contributed by atoms with van der Waals surface area (Å²) in [6.07, 6.45) is 0. The average Bonchev–Trinajstić information content (AvgIpc) is 2.84. The average molecular weight is 316 g/mol. The normalized spacial score (nSPS) is 12.3. The van der Waals surface area contributed by atoms with Crippen LogP contribution in [0.4, 0.5) is 0 Å². The second-order valence-electron chi connectivity index (χ2n) is 6.09. The summed E-state index contributed by atoms with van der Waals surface area (Å²) in [5.74, 6) is 1.54. The van der Waals surface area contributed by atoms with Crippen LogP contribution < -0.4 is 10.1 Å². The molecule has 1 aromatic heterocycles. The Balaban J connectivity index is 2.13. The van der Waals surface area contributed by atoms with E-state index in [2.05, 4.69) is 24.3 Å². The molecule has 5 heteroatoms. The lowest BCUT2D eigenvalue weighted by molar-refractivity contribution is 0.0926. The van der Waals surface area contributed by atoms with Gasteiger partial charge in [-0.15, -0.1) is 0 Å². The Hall–Kier alpha value is -2.30. The van der Waals surface area contributed by atoms with Crippen molar-refractivity contribution in [3.8, 4) is 5.75 Å². The standard InChI is InChI=1S/C18H24N2O3/c1-11(2)12(3)19-18(21)15-8-6-7-9-17(15)22-10-16-13(4)20-23-14(16)5/h6-9,11-12H,10H2,1-5H3,(H,19,21). The first-order valence-corrected chi connectivity index (χ1v) is 7.84. The van der Waals surface area contributed by atoms with Crippen molar-refractivity contribution in [1.82, 2.24) is 10.5 Å². The van der Waals surface area contributed by atoms with E-state index in [0.717, 1.165) is 17.0 Å². The number of aryl methyl sites for hydroxylation is 2. The molecule has 1 amide bonds. The highest BCUT2D eigenvalue weighted by Gasteiger charge is 2.17. The van der Waals surface area contributed by atoms with Crippen molar-refractivity contribution in [2.75, 3.05) is 0 Å². The third-order valence-corrected chi connectivity index (χ3v) is 4.04. The zero-order chi connectivity index (χ0) is 17.0. The van der Waals surface area contributed by atoms with Crippen LogP contribution in [0.15, 0.2) is 28.8 Å². The first kappa shape index (κ1) is 17.1. The Labute approximate surface area is 137 Å². The minimum absolute atomic E-state index is 0.0955. The highest BCUT2D eigenvalue weighted by molar-refractivity contribution is 5.97. The van der Waals surface area contributed by atoms with Gasteiger partial charge in [-0.25, -0.2) is 0 Å². The Morgan fingerprint density at radius 3 is 2.57 bits per heavy atom. The Morgan fingerprint density at radius 1 is 1.26 bits per heavy atom. The largest absolute Gasteiger partial charge is 0.488 e. The van der Waals surface area contributed by atoms with E-state index in [1.165, 1.54) is 0 Å². The van der Waals surface area contributed by atoms with E-state index in [0.29, 0.717) is 23.8 Å². The molecule has 5 nitrogen and oxygen atoms in total. The van der Waals surface area contributed by atoms with Crippen LogP contribution in [0.5, 0.6) is 5.75 Å². The fourth-order valence-corrected chi connectivity index (χ4v) is 2.09. The number of amides is 1. The maximum atomic E-state index is 12.5. The van der Waals surface area contributed by atoms with Gasteiger partial charge in [0.2, 0.25) is 0 Å². The number of ether oxygens (including phenoxy) is 1. The molecule has 0 spiro atoms. The molecule has 1 N–H and O–H groups in total. The van der Waals surface area contributed by atoms with E-state index in [1.54, 1.807) is 12.1 Å². The van der Waals surface area contributed by atoms with Gasteiger partial charge < -0.3 is 14.6 Å². The van der Waals surface area contributed by atoms with E-state index < -0.39 is 0 Å². The van der Waals surface area contributed by atoms with Crippen LogP contribution >= 0.6 is 0 Å². The van der Waals surface area contributed by atoms with Crippen LogP contribution in [-0.4, -0.2) is 17.1 Å². The molecular formula is C18H24N2O3. The summed E-state index contributed by atoms with van der Waals surface area (Å²) in [5.41, 5.74) is 2.25. The fourth-order valence-electron chi connectivity index (χ4n) is 2.09. The number of rotatable bonds is 6. The van der Waals surface area contributed by atoms with Crippen LogP contribution in [0.1, 0.15) is 48.1 Å². The lowest BCUT2D eigenvalue weighted by Gasteiger charge is -2.18. The molecule has 1 aromatic carbocycles. The number of aromatic nitrogens is 1. The van der Waals surface area contributed by atoms with Crippen molar-refractivity contribution in [1.29, 1.82) is 0 Å². The molecule has 0 saturated carbocycles. The summed E-state index contributed by atoms with van der Waals surface area (Å²) in [6.45, 7) is 10.2. The second-order valence-corrected chi connectivity index (χ2v) is 6.09. The molecule has 0 radical (unpaired) electrons. The predicted molar refractivity (Wildman–Crippen MR) is 88.5 cm³/mol. The first-order valence-electron chi connectivity index (χ1n) is 7.84. The molecule has 0 aliphatic rings. The monoisotopic (exact) mass is 316 g/mol. The zero-order valence-corrected chi connectivity index (χ0v) is 14.3. The van der Waals surface area contributed by atoms with Crippen LogP contribution in [0.2, 0.25) is 0 Å². The molecule has 0 saturated heterocycles. The van der Waals surface area contributed by atoms with E-state index >= 15 is 0 Å². The Bertz CT molecular complexity index is 657. The second kappa shape index (κ2) is 7.31. The topological polar surface area (TPSA) is 64.4 Å². The summed E-state index contributed by atoms with van der Waals surface area (Å²) in [7, 11) is 0. The van der Waals surface area contributed by atoms with Gasteiger partial charge in [0.05, 0.1) is 16.8 Å². The molecular weight excluding hydrogens is 292 g/mol. The van der Waals surface area contributed by atoms with Crippen LogP contribution in [0, 0.1) is 19.8 Å². The molecule has 0 aliphatic heterocycles. The molecule has 124 valence electrons. The van der Waals surface area contributed by atoms with Crippen LogP contribution in [0.25, 0.3) is 0 Å². The molecule has 0 aliphatic carbocycles. The van der Waals surface area contributed by atoms with E-state index in [1.807, 2.05) is 32.9 Å². The molecule has 2 aromatic rings. The molecule has 1 atom stereocenters. The Kier molecular flexibility index (Phi) is 5.42. The number of hydrogen-bond donors (Lipinski definition) is 1. The number of carbonyl (C=O) groups is 1. The third kappa shape index (κ3) is 4.12. The van der Waals surface area contributed by atoms with Crippen LogP contribution in [0.3, 0.4) is 0 Å². The SMILES string of the molecule is Cc1noc(C)c1COc1ccccc1C(=O)NC(C)C(C)C. The smallest absolute Gasteiger partial charge is 0.255 e. The molecule has 2 rings (SSSR count). The van der Waals surface area contributed by atoms with Crippen molar-refractivity contribution in [2.45, 2.75) is 47.3 Å². The third-order valence-electron chi connectivity index (χ3n) is 4.04. The van der Waals surface area contributed by atoms with Gasteiger partial charge in [-0.2, -0.15) is 0 Å². The van der Waals surface area contributed by atoms with Gasteiger partial charge in [0.25, 0.3) is 5.91 Å². The number of carbonyl (C=O) groups excluding carboxylic acids is 1. The van der Waals surface area contributed by atoms with Gasteiger partial charge in [-0.3, -0.25) is 4.79 Å². The number of para-hydroxylation sites is 1. The molecule has 0 fully saturated rings. The van der Waals surface area contributed by atoms with Crippen molar-refractivity contribution in [3.63, 3.8) is 0 Å². The van der Waals surface area contributed by atoms with Gasteiger partial charge in [0, 0.05) is 6.04 Å². The van der Waals surface area contributed by atoms with Gasteiger partial charge in [0.1, 0.15) is 18.1 Å². The van der Waals surface area contributed by atoms with Crippen molar-refractivity contribution >= 4 is 5.91 Å². The number of hydrogen-bond acceptors (Lipinski definition) is 4. The Morgan fingerprint density at radius 2 is 1.96 bits per heavy atom. The van der Waals surface area contributed by atoms with Crippen molar-refractivity contribution in [2.24, 2.45) is 5.92 Å². The summed E-state index contributed by atoms with van der Waals surface area (Å²) in [4.78, 5) is 12.5. The van der Waals surface area contributed by atoms with Gasteiger partial charge in [-0.05, 0) is 38.8 Å². The quantitative estimate of drug-likeness (QED) is 0.883. The highest BCUT2D eigenvalue weighted by Crippen LogP contribution is 2.21. The van der Waals surface area contributed by atoms with Crippen molar-refractivity contribution in [3.05, 3.63) is 46.8 Å². The highest BCUT2D eigenvalue weighted by atomic mass is 16.5. The minimum atomic E-state index is -0.124. The maximum Gasteiger partial charge on any atom is 0.255 e. The predicted octanol–water partition coefficient (Wildman–Crippen LogP) is 3.64. The molecule has 1 unspecified atom stereocenters. The summed E-state index contributed by atoms with van der Waals surface area (Å²) in [6, 6.07) is 7.35. The van der Waals surface area contributed by atoms with Gasteiger partial charge in [0.15, 0.2) is 0 Å². The van der Waals surface area contributed by atoms with Crippen molar-refractivity contribution < 1.29 is 14.1 Å². The number of nitrogens with zero attached hydrogens (tertiary/aromatic N) is 1. The van der Waals surface area contributed by atoms with E-state index in [-0.39, 0.29) is 11.9 Å².